The molecular formula is C13H8Cl3N3S. The lowest BCUT2D eigenvalue weighted by molar-refractivity contribution is 0.885. The molecule has 0 saturated heterocycles. The fourth-order valence-electron chi connectivity index (χ4n) is 1.81. The van der Waals surface area contributed by atoms with Crippen LogP contribution in [0.25, 0.3) is 16.3 Å². The minimum absolute atomic E-state index is 0.510. The molecule has 1 aromatic carbocycles. The summed E-state index contributed by atoms with van der Waals surface area (Å²) in [6.07, 6.45) is 1.72. The Bertz CT molecular complexity index is 779. The molecule has 3 nitrogen and oxygen atoms in total. The van der Waals surface area contributed by atoms with E-state index < -0.39 is 0 Å². The van der Waals surface area contributed by atoms with Crippen molar-refractivity contribution >= 4 is 51.8 Å². The fourth-order valence-corrected chi connectivity index (χ4v) is 3.36. The average Bonchev–Trinajstić information content (AvgIpc) is 2.95. The Balaban J connectivity index is 2.08. The minimum atomic E-state index is 0.510. The van der Waals surface area contributed by atoms with Crippen LogP contribution in [0.3, 0.4) is 0 Å². The number of benzene rings is 1. The van der Waals surface area contributed by atoms with Gasteiger partial charge >= 0.3 is 0 Å². The molecule has 3 rings (SSSR count). The van der Waals surface area contributed by atoms with Crippen molar-refractivity contribution in [1.82, 2.24) is 9.78 Å². The summed E-state index contributed by atoms with van der Waals surface area (Å²) in [5.74, 6) is 0. The van der Waals surface area contributed by atoms with E-state index in [1.165, 1.54) is 11.3 Å². The molecule has 0 saturated carbocycles. The summed E-state index contributed by atoms with van der Waals surface area (Å²) in [6, 6.07) is 8.91. The van der Waals surface area contributed by atoms with Crippen molar-refractivity contribution in [3.8, 4) is 16.3 Å². The van der Waals surface area contributed by atoms with Crippen molar-refractivity contribution < 1.29 is 0 Å². The van der Waals surface area contributed by atoms with Gasteiger partial charge in [0.2, 0.25) is 0 Å². The molecule has 0 bridgehead atoms. The van der Waals surface area contributed by atoms with Crippen molar-refractivity contribution in [1.29, 1.82) is 0 Å². The second-order valence-electron chi connectivity index (χ2n) is 4.08. The molecule has 0 aliphatic carbocycles. The predicted octanol–water partition coefficient (Wildman–Crippen LogP) is 5.14. The lowest BCUT2D eigenvalue weighted by Gasteiger charge is -2.03. The lowest BCUT2D eigenvalue weighted by Crippen LogP contribution is -1.95. The second-order valence-corrected chi connectivity index (χ2v) is 6.64. The first kappa shape index (κ1) is 13.8. The average molecular weight is 345 g/mol. The quantitative estimate of drug-likeness (QED) is 0.699. The molecule has 7 heteroatoms. The van der Waals surface area contributed by atoms with Crippen LogP contribution in [0.2, 0.25) is 14.4 Å². The van der Waals surface area contributed by atoms with E-state index in [-0.39, 0.29) is 0 Å². The maximum absolute atomic E-state index is 6.17. The highest BCUT2D eigenvalue weighted by molar-refractivity contribution is 7.19. The van der Waals surface area contributed by atoms with E-state index in [0.717, 1.165) is 10.6 Å². The first-order chi connectivity index (χ1) is 9.54. The van der Waals surface area contributed by atoms with Crippen molar-refractivity contribution in [2.24, 2.45) is 0 Å². The molecule has 0 radical (unpaired) electrons. The zero-order valence-electron chi connectivity index (χ0n) is 9.98. The molecule has 0 aliphatic rings. The van der Waals surface area contributed by atoms with E-state index in [0.29, 0.717) is 25.8 Å². The van der Waals surface area contributed by atoms with Gasteiger partial charge in [0.25, 0.3) is 0 Å². The molecule has 0 unspecified atom stereocenters. The van der Waals surface area contributed by atoms with Gasteiger partial charge in [0, 0.05) is 5.02 Å². The van der Waals surface area contributed by atoms with Gasteiger partial charge in [-0.1, -0.05) is 34.8 Å². The van der Waals surface area contributed by atoms with E-state index in [9.17, 15) is 0 Å². The second kappa shape index (κ2) is 5.30. The number of rotatable bonds is 2. The molecule has 3 aromatic rings. The first-order valence-electron chi connectivity index (χ1n) is 5.61. The highest BCUT2D eigenvalue weighted by Crippen LogP contribution is 2.34. The third kappa shape index (κ3) is 2.52. The Kier molecular flexibility index (Phi) is 3.65. The number of nitrogens with two attached hydrogens (primary N) is 1. The van der Waals surface area contributed by atoms with Crippen LogP contribution in [-0.4, -0.2) is 9.78 Å². The Morgan fingerprint density at radius 1 is 1.10 bits per heavy atom. The Morgan fingerprint density at radius 2 is 1.90 bits per heavy atom. The largest absolute Gasteiger partial charge is 0.396 e. The van der Waals surface area contributed by atoms with Gasteiger partial charge in [0.1, 0.15) is 5.69 Å². The number of aromatic nitrogens is 2. The molecular weight excluding hydrogens is 337 g/mol. The van der Waals surface area contributed by atoms with Gasteiger partial charge in [-0.25, -0.2) is 4.68 Å². The number of hydrogen-bond acceptors (Lipinski definition) is 3. The van der Waals surface area contributed by atoms with Crippen LogP contribution >= 0.6 is 46.1 Å². The van der Waals surface area contributed by atoms with Crippen molar-refractivity contribution in [3.05, 3.63) is 50.9 Å². The van der Waals surface area contributed by atoms with Crippen molar-refractivity contribution in [3.63, 3.8) is 0 Å². The van der Waals surface area contributed by atoms with Gasteiger partial charge in [-0.2, -0.15) is 5.10 Å². The number of anilines is 1. The van der Waals surface area contributed by atoms with Crippen molar-refractivity contribution in [2.45, 2.75) is 0 Å². The van der Waals surface area contributed by atoms with Gasteiger partial charge in [0.05, 0.1) is 31.8 Å². The van der Waals surface area contributed by atoms with Crippen LogP contribution in [0.4, 0.5) is 5.69 Å². The number of hydrogen-bond donors (Lipinski definition) is 1. The molecule has 20 heavy (non-hydrogen) atoms. The smallest absolute Gasteiger partial charge is 0.126 e. The number of nitrogen functional groups attached to an aromatic ring is 1. The predicted molar refractivity (Wildman–Crippen MR) is 86.3 cm³/mol. The maximum atomic E-state index is 6.17. The molecule has 2 N–H and O–H groups in total. The molecule has 0 spiro atoms. The van der Waals surface area contributed by atoms with E-state index in [1.54, 1.807) is 29.1 Å². The summed E-state index contributed by atoms with van der Waals surface area (Å²) in [5, 5.41) is 5.55. The molecule has 0 aliphatic heterocycles. The number of thiophene rings is 1. The monoisotopic (exact) mass is 343 g/mol. The van der Waals surface area contributed by atoms with Gasteiger partial charge < -0.3 is 5.73 Å². The zero-order chi connectivity index (χ0) is 14.3. The van der Waals surface area contributed by atoms with Crippen LogP contribution in [0.5, 0.6) is 0 Å². The van der Waals surface area contributed by atoms with Gasteiger partial charge in [-0.3, -0.25) is 0 Å². The molecule has 0 atom stereocenters. The molecule has 0 fully saturated rings. The minimum Gasteiger partial charge on any atom is -0.396 e. The Labute approximate surface area is 134 Å². The fraction of sp³-hybridized carbons (Fsp3) is 0. The Morgan fingerprint density at radius 3 is 2.55 bits per heavy atom. The highest BCUT2D eigenvalue weighted by atomic mass is 35.5. The molecule has 102 valence electrons. The van der Waals surface area contributed by atoms with Crippen molar-refractivity contribution in [2.75, 3.05) is 5.73 Å². The van der Waals surface area contributed by atoms with Crippen LogP contribution in [-0.2, 0) is 0 Å². The Hall–Kier alpha value is -1.20. The third-order valence-electron chi connectivity index (χ3n) is 2.71. The van der Waals surface area contributed by atoms with Gasteiger partial charge in [0.15, 0.2) is 0 Å². The maximum Gasteiger partial charge on any atom is 0.126 e. The van der Waals surface area contributed by atoms with Gasteiger partial charge in [-0.05, 0) is 30.3 Å². The van der Waals surface area contributed by atoms with E-state index >= 15 is 0 Å². The van der Waals surface area contributed by atoms with Crippen LogP contribution in [0.1, 0.15) is 0 Å². The highest BCUT2D eigenvalue weighted by Gasteiger charge is 2.13. The lowest BCUT2D eigenvalue weighted by atomic mass is 10.3. The van der Waals surface area contributed by atoms with E-state index in [1.807, 2.05) is 12.1 Å². The zero-order valence-corrected chi connectivity index (χ0v) is 13.1. The summed E-state index contributed by atoms with van der Waals surface area (Å²) < 4.78 is 2.33. The van der Waals surface area contributed by atoms with Crippen LogP contribution in [0, 0.1) is 0 Å². The van der Waals surface area contributed by atoms with Gasteiger partial charge in [-0.15, -0.1) is 11.3 Å². The topological polar surface area (TPSA) is 43.8 Å². The molecule has 0 amide bonds. The molecule has 2 heterocycles. The summed E-state index contributed by atoms with van der Waals surface area (Å²) in [5.41, 5.74) is 7.98. The van der Waals surface area contributed by atoms with E-state index in [4.69, 9.17) is 40.5 Å². The normalized spacial score (nSPS) is 10.9. The standard InChI is InChI=1S/C13H8Cl3N3S/c14-7-1-2-10(8(15)5-7)19-6-9(17)13(18-19)11-3-4-12(16)20-11/h1-6H,17H2. The number of halogens is 3. The summed E-state index contributed by atoms with van der Waals surface area (Å²) >= 11 is 19.4. The van der Waals surface area contributed by atoms with E-state index in [2.05, 4.69) is 5.10 Å². The summed E-state index contributed by atoms with van der Waals surface area (Å²) in [4.78, 5) is 0.913. The van der Waals surface area contributed by atoms with Crippen LogP contribution < -0.4 is 5.73 Å². The molecule has 2 aromatic heterocycles. The van der Waals surface area contributed by atoms with Crippen LogP contribution in [0.15, 0.2) is 36.5 Å². The summed E-state index contributed by atoms with van der Waals surface area (Å²) in [6.45, 7) is 0. The SMILES string of the molecule is Nc1cn(-c2ccc(Cl)cc2Cl)nc1-c1ccc(Cl)s1. The number of nitrogens with zero attached hydrogens (tertiary/aromatic N) is 2. The summed E-state index contributed by atoms with van der Waals surface area (Å²) in [7, 11) is 0. The first-order valence-corrected chi connectivity index (χ1v) is 7.56. The third-order valence-corrected chi connectivity index (χ3v) is 4.48.